The van der Waals surface area contributed by atoms with Gasteiger partial charge in [0.05, 0.1) is 50.4 Å². The lowest BCUT2D eigenvalue weighted by Crippen LogP contribution is -2.37. The van der Waals surface area contributed by atoms with E-state index >= 15 is 0 Å². The van der Waals surface area contributed by atoms with Crippen LogP contribution in [0.2, 0.25) is 0 Å². The fourth-order valence-electron chi connectivity index (χ4n) is 7.70. The van der Waals surface area contributed by atoms with Crippen molar-refractivity contribution in [3.05, 3.63) is 12.7 Å². The Bertz CT molecular complexity index is 1900. The van der Waals surface area contributed by atoms with Crippen LogP contribution in [0, 0.1) is 0 Å². The first-order valence-corrected chi connectivity index (χ1v) is 23.4. The summed E-state index contributed by atoms with van der Waals surface area (Å²) in [6, 6.07) is 0.395. The number of hydrogen-bond acceptors (Lipinski definition) is 18. The number of ketones is 1. The molecule has 3 fully saturated rings. The summed E-state index contributed by atoms with van der Waals surface area (Å²) in [5.74, 6) is 0.0701. The number of thioether (sulfide) groups is 1. The third-order valence-corrected chi connectivity index (χ3v) is 13.0. The van der Waals surface area contributed by atoms with Crippen molar-refractivity contribution in [3.8, 4) is 0 Å². The standard InChI is InChI=1S/C42H63N9O12S/c1-42(24-48-42)14-13-33(55)63-37-36(56)29(62-40(37)51-26-47-35-38(43)45-25-46-39(35)51)22-61-32(54)12-6-11-31(53)44-15-7-17-59-19-21-60-20-18-58-16-5-4-9-27(52)8-2-3-10-30-34-28(23-64-30)49-41(57)50-34/h24-26,28-30,34,36-37,40,56H,2-23H2,1H3,(H,44,53)(H2,43,45,46)(H2,49,50,57)/t28-,29-,30-,34-,36+,37-,40-,42?/m1/s1. The maximum Gasteiger partial charge on any atom is 0.315 e. The number of carbonyl (C=O) groups excluding carboxylic acids is 5. The molecule has 0 aromatic carbocycles. The molecule has 0 radical (unpaired) electrons. The van der Waals surface area contributed by atoms with Gasteiger partial charge in [0.1, 0.15) is 36.4 Å². The van der Waals surface area contributed by atoms with Crippen LogP contribution in [0.5, 0.6) is 0 Å². The van der Waals surface area contributed by atoms with Crippen LogP contribution in [0.1, 0.15) is 96.6 Å². The van der Waals surface area contributed by atoms with Crippen molar-refractivity contribution in [1.29, 1.82) is 0 Å². The molecule has 8 atom stereocenters. The molecule has 64 heavy (non-hydrogen) atoms. The molecule has 2 aromatic heterocycles. The molecule has 1 unspecified atom stereocenters. The summed E-state index contributed by atoms with van der Waals surface area (Å²) in [6.45, 7) is 4.81. The minimum Gasteiger partial charge on any atom is -0.463 e. The molecule has 4 aliphatic heterocycles. The molecule has 0 saturated carbocycles. The van der Waals surface area contributed by atoms with Gasteiger partial charge >= 0.3 is 18.0 Å². The number of nitrogens with one attached hydrogen (secondary N) is 3. The largest absolute Gasteiger partial charge is 0.463 e. The van der Waals surface area contributed by atoms with Gasteiger partial charge in [-0.15, -0.1) is 0 Å². The quantitative estimate of drug-likeness (QED) is 0.0411. The molecular formula is C42H63N9O12S. The highest BCUT2D eigenvalue weighted by Gasteiger charge is 2.49. The SMILES string of the molecule is CC1(CCC(=O)O[C@@H]2[C@@H](O)[C@@H](COC(=O)CCCC(=O)NCCCOCCOCCOCCCCC(=O)CCCC[C@H]3SC[C@H]4NC(=O)N[C@H]43)O[C@H]2n2cnc3c(N)ncnc32)C=N1. The number of esters is 2. The van der Waals surface area contributed by atoms with E-state index in [4.69, 9.17) is 34.2 Å². The van der Waals surface area contributed by atoms with E-state index < -0.39 is 36.5 Å². The molecule has 3 amide bonds. The van der Waals surface area contributed by atoms with E-state index in [2.05, 4.69) is 35.9 Å². The molecule has 6 N–H and O–H groups in total. The molecule has 3 saturated heterocycles. The van der Waals surface area contributed by atoms with Gasteiger partial charge in [-0.3, -0.25) is 28.7 Å². The summed E-state index contributed by atoms with van der Waals surface area (Å²) in [6.07, 6.45) is 7.07. The summed E-state index contributed by atoms with van der Waals surface area (Å²) in [4.78, 5) is 78.0. The minimum absolute atomic E-state index is 0.0266. The Hall–Kier alpha value is -4.48. The molecule has 6 rings (SSSR count). The van der Waals surface area contributed by atoms with Gasteiger partial charge in [-0.25, -0.2) is 19.7 Å². The number of hydrogen-bond donors (Lipinski definition) is 5. The Labute approximate surface area is 376 Å². The third-order valence-electron chi connectivity index (χ3n) is 11.5. The smallest absolute Gasteiger partial charge is 0.315 e. The number of rotatable bonds is 31. The number of nitrogens with two attached hydrogens (primary N) is 1. The molecule has 4 aliphatic rings. The fraction of sp³-hybridized carbons (Fsp3) is 0.738. The molecule has 0 bridgehead atoms. The second-order valence-corrected chi connectivity index (χ2v) is 17.9. The first-order chi connectivity index (χ1) is 31.0. The van der Waals surface area contributed by atoms with Crippen molar-refractivity contribution in [1.82, 2.24) is 35.5 Å². The van der Waals surface area contributed by atoms with Crippen molar-refractivity contribution >= 4 is 64.6 Å². The van der Waals surface area contributed by atoms with Crippen LogP contribution in [-0.4, -0.2) is 160 Å². The number of unbranched alkanes of at least 4 members (excludes halogenated alkanes) is 2. The highest BCUT2D eigenvalue weighted by Crippen LogP contribution is 2.36. The van der Waals surface area contributed by atoms with Gasteiger partial charge in [0.25, 0.3) is 0 Å². The Balaban J connectivity index is 0.724. The third kappa shape index (κ3) is 15.0. The Morgan fingerprint density at radius 1 is 0.922 bits per heavy atom. The predicted molar refractivity (Wildman–Crippen MR) is 233 cm³/mol. The number of nitrogens with zero attached hydrogens (tertiary/aromatic N) is 5. The van der Waals surface area contributed by atoms with E-state index in [1.165, 1.54) is 17.2 Å². The second kappa shape index (κ2) is 24.7. The molecule has 0 spiro atoms. The van der Waals surface area contributed by atoms with Gasteiger partial charge < -0.3 is 55.2 Å². The van der Waals surface area contributed by atoms with Crippen LogP contribution in [0.15, 0.2) is 17.6 Å². The highest BCUT2D eigenvalue weighted by molar-refractivity contribution is 8.00. The average Bonchev–Trinajstić information content (AvgIpc) is 3.57. The summed E-state index contributed by atoms with van der Waals surface area (Å²) >= 11 is 1.91. The van der Waals surface area contributed by atoms with Gasteiger partial charge in [-0.2, -0.15) is 11.8 Å². The molecule has 21 nitrogen and oxygen atoms in total. The lowest BCUT2D eigenvalue weighted by molar-refractivity contribution is -0.158. The monoisotopic (exact) mass is 917 g/mol. The van der Waals surface area contributed by atoms with E-state index in [1.807, 2.05) is 18.7 Å². The maximum absolute atomic E-state index is 12.8. The van der Waals surface area contributed by atoms with E-state index in [-0.39, 0.29) is 67.7 Å². The van der Waals surface area contributed by atoms with Gasteiger partial charge in [0.2, 0.25) is 5.91 Å². The number of imidazole rings is 1. The number of Topliss-reactive ketones (excluding diaryl/α,β-unsaturated/α-hetero) is 1. The highest BCUT2D eigenvalue weighted by atomic mass is 32.2. The summed E-state index contributed by atoms with van der Waals surface area (Å²) in [5.41, 5.74) is 6.21. The molecule has 6 heterocycles. The number of amides is 3. The first-order valence-electron chi connectivity index (χ1n) is 22.4. The zero-order valence-electron chi connectivity index (χ0n) is 36.5. The normalized spacial score (nSPS) is 25.5. The van der Waals surface area contributed by atoms with Crippen LogP contribution >= 0.6 is 11.8 Å². The van der Waals surface area contributed by atoms with Crippen molar-refractivity contribution in [2.45, 2.75) is 138 Å². The number of aliphatic hydroxyl groups is 1. The van der Waals surface area contributed by atoms with Crippen molar-refractivity contribution in [2.24, 2.45) is 4.99 Å². The fourth-order valence-corrected chi connectivity index (χ4v) is 9.25. The van der Waals surface area contributed by atoms with E-state index in [9.17, 15) is 29.1 Å². The predicted octanol–water partition coefficient (Wildman–Crippen LogP) is 1.94. The Morgan fingerprint density at radius 2 is 1.66 bits per heavy atom. The molecular weight excluding hydrogens is 855 g/mol. The van der Waals surface area contributed by atoms with Crippen LogP contribution in [0.3, 0.4) is 0 Å². The number of fused-ring (bicyclic) bond motifs is 2. The van der Waals surface area contributed by atoms with Gasteiger partial charge in [0.15, 0.2) is 23.8 Å². The van der Waals surface area contributed by atoms with Crippen LogP contribution < -0.4 is 21.7 Å². The number of aliphatic imine (C=N–C) groups is 1. The van der Waals surface area contributed by atoms with Gasteiger partial charge in [-0.1, -0.05) is 6.42 Å². The van der Waals surface area contributed by atoms with Crippen LogP contribution in [0.4, 0.5) is 10.6 Å². The Morgan fingerprint density at radius 3 is 2.42 bits per heavy atom. The Kier molecular flexibility index (Phi) is 18.9. The van der Waals surface area contributed by atoms with Crippen molar-refractivity contribution < 1.29 is 57.5 Å². The number of ether oxygens (including phenoxy) is 6. The zero-order chi connectivity index (χ0) is 45.3. The number of aliphatic hydroxyl groups excluding tert-OH is 1. The van der Waals surface area contributed by atoms with Gasteiger partial charge in [0, 0.05) is 69.1 Å². The number of urea groups is 1. The minimum atomic E-state index is -1.35. The molecule has 2 aromatic rings. The number of anilines is 1. The van der Waals surface area contributed by atoms with Gasteiger partial charge in [-0.05, 0) is 51.9 Å². The first kappa shape index (κ1) is 49.0. The molecule has 0 aliphatic carbocycles. The number of aromatic nitrogens is 4. The summed E-state index contributed by atoms with van der Waals surface area (Å²) < 4.78 is 35.4. The zero-order valence-corrected chi connectivity index (χ0v) is 37.3. The van der Waals surface area contributed by atoms with Crippen LogP contribution in [0.25, 0.3) is 11.2 Å². The lowest BCUT2D eigenvalue weighted by atomic mass is 10.0. The number of nitrogen functional groups attached to an aromatic ring is 1. The molecule has 22 heteroatoms. The maximum atomic E-state index is 12.8. The van der Waals surface area contributed by atoms with Crippen LogP contribution in [-0.2, 0) is 47.6 Å². The summed E-state index contributed by atoms with van der Waals surface area (Å²) in [7, 11) is 0. The van der Waals surface area contributed by atoms with E-state index in [1.54, 1.807) is 6.21 Å². The van der Waals surface area contributed by atoms with E-state index in [0.717, 1.165) is 37.9 Å². The second-order valence-electron chi connectivity index (χ2n) is 16.6. The lowest BCUT2D eigenvalue weighted by Gasteiger charge is -2.22. The van der Waals surface area contributed by atoms with E-state index in [0.29, 0.717) is 94.1 Å². The molecule has 354 valence electrons. The average molecular weight is 918 g/mol. The summed E-state index contributed by atoms with van der Waals surface area (Å²) in [5, 5.41) is 20.4. The van der Waals surface area contributed by atoms with Crippen molar-refractivity contribution in [2.75, 3.05) is 64.3 Å². The topological polar surface area (TPSA) is 279 Å². The number of carbonyl (C=O) groups is 5. The van der Waals surface area contributed by atoms with Crippen molar-refractivity contribution in [3.63, 3.8) is 0 Å².